The smallest absolute Gasteiger partial charge is 0.0995 e. The number of piperidine rings is 1. The zero-order valence-electron chi connectivity index (χ0n) is 17.9. The predicted octanol–water partition coefficient (Wildman–Crippen LogP) is 5.02. The van der Waals surface area contributed by atoms with Gasteiger partial charge in [-0.05, 0) is 85.9 Å². The quantitative estimate of drug-likeness (QED) is 0.511. The molecule has 1 aliphatic heterocycles. The first-order chi connectivity index (χ1) is 15.2. The van der Waals surface area contributed by atoms with Crippen LogP contribution in [0.25, 0.3) is 16.4 Å². The van der Waals surface area contributed by atoms with E-state index in [1.165, 1.54) is 35.0 Å². The summed E-state index contributed by atoms with van der Waals surface area (Å²) in [6, 6.07) is 13.0. The molecule has 3 aromatic heterocycles. The monoisotopic (exact) mass is 412 g/mol. The van der Waals surface area contributed by atoms with Gasteiger partial charge in [-0.25, -0.2) is 4.98 Å². The van der Waals surface area contributed by atoms with Gasteiger partial charge in [-0.2, -0.15) is 0 Å². The van der Waals surface area contributed by atoms with Crippen molar-refractivity contribution < 1.29 is 5.11 Å². The van der Waals surface area contributed by atoms with Crippen molar-refractivity contribution in [3.8, 4) is 0 Å². The molecular weight excluding hydrogens is 384 g/mol. The maximum atomic E-state index is 11.5. The average molecular weight is 413 g/mol. The molecule has 1 atom stereocenters. The number of hydrogen-bond acceptors (Lipinski definition) is 4. The van der Waals surface area contributed by atoms with Crippen molar-refractivity contribution in [2.24, 2.45) is 5.92 Å². The van der Waals surface area contributed by atoms with Crippen molar-refractivity contribution in [2.75, 3.05) is 18.0 Å². The minimum absolute atomic E-state index is 0.269. The highest BCUT2D eigenvalue weighted by Crippen LogP contribution is 2.45. The Bertz CT molecular complexity index is 1250. The van der Waals surface area contributed by atoms with Crippen LogP contribution in [-0.2, 0) is 0 Å². The molecule has 4 aromatic rings. The summed E-state index contributed by atoms with van der Waals surface area (Å²) >= 11 is 0. The number of fused-ring (bicyclic) bond motifs is 2. The third kappa shape index (κ3) is 3.28. The van der Waals surface area contributed by atoms with Crippen LogP contribution in [-0.4, -0.2) is 32.6 Å². The van der Waals surface area contributed by atoms with E-state index in [9.17, 15) is 5.11 Å². The van der Waals surface area contributed by atoms with Crippen LogP contribution >= 0.6 is 0 Å². The third-order valence-corrected chi connectivity index (χ3v) is 7.25. The largest absolute Gasteiger partial charge is 0.387 e. The first-order valence-corrected chi connectivity index (χ1v) is 11.4. The maximum Gasteiger partial charge on any atom is 0.0995 e. The molecular formula is C26H28N4O. The number of hydrogen-bond donors (Lipinski definition) is 1. The number of rotatable bonds is 4. The van der Waals surface area contributed by atoms with E-state index in [1.54, 1.807) is 0 Å². The summed E-state index contributed by atoms with van der Waals surface area (Å²) in [5.41, 5.74) is 7.03. The molecule has 0 bridgehead atoms. The number of nitrogens with zero attached hydrogens (tertiary/aromatic N) is 4. The second-order valence-corrected chi connectivity index (χ2v) is 9.24. The zero-order chi connectivity index (χ0) is 20.9. The summed E-state index contributed by atoms with van der Waals surface area (Å²) in [5.74, 6) is 0.872. The van der Waals surface area contributed by atoms with Gasteiger partial charge < -0.3 is 14.4 Å². The molecule has 6 rings (SSSR count). The number of pyridine rings is 2. The van der Waals surface area contributed by atoms with Gasteiger partial charge >= 0.3 is 0 Å². The predicted molar refractivity (Wildman–Crippen MR) is 124 cm³/mol. The van der Waals surface area contributed by atoms with E-state index in [1.807, 2.05) is 18.7 Å². The minimum atomic E-state index is -0.446. The molecule has 5 nitrogen and oxygen atoms in total. The highest BCUT2D eigenvalue weighted by Gasteiger charge is 2.34. The van der Waals surface area contributed by atoms with Gasteiger partial charge in [0.05, 0.1) is 35.4 Å². The lowest BCUT2D eigenvalue weighted by molar-refractivity contribution is 0.0871. The lowest BCUT2D eigenvalue weighted by Gasteiger charge is -2.36. The van der Waals surface area contributed by atoms with E-state index in [0.29, 0.717) is 5.92 Å². The minimum Gasteiger partial charge on any atom is -0.387 e. The van der Waals surface area contributed by atoms with Crippen LogP contribution in [0.1, 0.15) is 54.5 Å². The Hall–Kier alpha value is -2.92. The molecule has 1 saturated carbocycles. The standard InChI is InChI=1S/C26H28N4O/c1-17-8-11-28-24-7-5-20(14-23(17)24)29-12-9-19(10-13-29)26(31)25-22(18-2-3-18)6-4-21-15-27-16-30(21)25/h4-8,11,14-16,18-19,26,31H,2-3,9-10,12-13H2,1H3. The fourth-order valence-corrected chi connectivity index (χ4v) is 5.25. The van der Waals surface area contributed by atoms with Gasteiger partial charge in [0.1, 0.15) is 0 Å². The third-order valence-electron chi connectivity index (χ3n) is 7.25. The number of benzene rings is 1. The molecule has 2 aliphatic rings. The van der Waals surface area contributed by atoms with Crippen molar-refractivity contribution in [1.82, 2.24) is 14.4 Å². The molecule has 5 heteroatoms. The number of anilines is 1. The number of aryl methyl sites for hydroxylation is 1. The van der Waals surface area contributed by atoms with Crippen LogP contribution in [0.3, 0.4) is 0 Å². The van der Waals surface area contributed by atoms with Gasteiger partial charge in [0, 0.05) is 30.4 Å². The summed E-state index contributed by atoms with van der Waals surface area (Å²) < 4.78 is 2.11. The Morgan fingerprint density at radius 3 is 2.68 bits per heavy atom. The molecule has 1 aromatic carbocycles. The van der Waals surface area contributed by atoms with Crippen LogP contribution < -0.4 is 4.90 Å². The average Bonchev–Trinajstić information content (AvgIpc) is 3.54. The number of aromatic nitrogens is 3. The molecule has 1 unspecified atom stereocenters. The molecule has 2 fully saturated rings. The summed E-state index contributed by atoms with van der Waals surface area (Å²) in [7, 11) is 0. The SMILES string of the molecule is Cc1ccnc2ccc(N3CCC(C(O)c4c(C5CC5)ccc5cncn45)CC3)cc12. The van der Waals surface area contributed by atoms with E-state index in [-0.39, 0.29) is 5.92 Å². The molecule has 1 N–H and O–H groups in total. The number of aliphatic hydroxyl groups excluding tert-OH is 1. The molecule has 0 radical (unpaired) electrons. The van der Waals surface area contributed by atoms with Crippen molar-refractivity contribution in [3.05, 3.63) is 71.9 Å². The molecule has 4 heterocycles. The normalized spacial score (nSPS) is 18.7. The first kappa shape index (κ1) is 18.8. The Morgan fingerprint density at radius 1 is 1.03 bits per heavy atom. The van der Waals surface area contributed by atoms with Crippen LogP contribution in [0.2, 0.25) is 0 Å². The van der Waals surface area contributed by atoms with E-state index in [0.717, 1.165) is 42.7 Å². The maximum absolute atomic E-state index is 11.5. The lowest BCUT2D eigenvalue weighted by atomic mass is 9.87. The highest BCUT2D eigenvalue weighted by atomic mass is 16.3. The highest BCUT2D eigenvalue weighted by molar-refractivity contribution is 5.85. The second kappa shape index (κ2) is 7.34. The van der Waals surface area contributed by atoms with E-state index < -0.39 is 6.10 Å². The summed E-state index contributed by atoms with van der Waals surface area (Å²) in [6.07, 6.45) is 9.61. The van der Waals surface area contributed by atoms with Crippen LogP contribution in [0.4, 0.5) is 5.69 Å². The van der Waals surface area contributed by atoms with E-state index in [2.05, 4.69) is 62.6 Å². The molecule has 158 valence electrons. The molecule has 0 amide bonds. The van der Waals surface area contributed by atoms with Crippen molar-refractivity contribution in [2.45, 2.75) is 44.6 Å². The van der Waals surface area contributed by atoms with Crippen molar-refractivity contribution in [3.63, 3.8) is 0 Å². The van der Waals surface area contributed by atoms with Gasteiger partial charge in [0.25, 0.3) is 0 Å². The van der Waals surface area contributed by atoms with Crippen molar-refractivity contribution in [1.29, 1.82) is 0 Å². The Kier molecular flexibility index (Phi) is 4.46. The van der Waals surface area contributed by atoms with Gasteiger partial charge in [0.2, 0.25) is 0 Å². The Morgan fingerprint density at radius 2 is 1.87 bits per heavy atom. The molecule has 0 spiro atoms. The Labute approximate surface area is 182 Å². The molecule has 1 saturated heterocycles. The van der Waals surface area contributed by atoms with E-state index >= 15 is 0 Å². The molecule has 31 heavy (non-hydrogen) atoms. The topological polar surface area (TPSA) is 53.7 Å². The van der Waals surface area contributed by atoms with Gasteiger partial charge in [-0.1, -0.05) is 6.07 Å². The van der Waals surface area contributed by atoms with Crippen molar-refractivity contribution >= 4 is 22.1 Å². The van der Waals surface area contributed by atoms with E-state index in [4.69, 9.17) is 0 Å². The summed E-state index contributed by atoms with van der Waals surface area (Å²) in [4.78, 5) is 11.3. The summed E-state index contributed by atoms with van der Waals surface area (Å²) in [6.45, 7) is 4.07. The van der Waals surface area contributed by atoms with Crippen LogP contribution in [0.15, 0.2) is 55.1 Å². The van der Waals surface area contributed by atoms with Gasteiger partial charge in [-0.3, -0.25) is 4.98 Å². The number of imidazole rings is 1. The first-order valence-electron chi connectivity index (χ1n) is 11.4. The lowest BCUT2D eigenvalue weighted by Crippen LogP contribution is -2.36. The fourth-order valence-electron chi connectivity index (χ4n) is 5.25. The second-order valence-electron chi connectivity index (χ2n) is 9.24. The van der Waals surface area contributed by atoms with Gasteiger partial charge in [-0.15, -0.1) is 0 Å². The van der Waals surface area contributed by atoms with Crippen LogP contribution in [0, 0.1) is 12.8 Å². The Balaban J connectivity index is 1.24. The van der Waals surface area contributed by atoms with Gasteiger partial charge in [0.15, 0.2) is 0 Å². The van der Waals surface area contributed by atoms with Crippen LogP contribution in [0.5, 0.6) is 0 Å². The molecule has 1 aliphatic carbocycles. The summed E-state index contributed by atoms with van der Waals surface area (Å²) in [5, 5.41) is 12.7. The number of aliphatic hydroxyl groups is 1. The zero-order valence-corrected chi connectivity index (χ0v) is 17.9. The fraction of sp³-hybridized carbons (Fsp3) is 0.385.